The van der Waals surface area contributed by atoms with Gasteiger partial charge in [-0.2, -0.15) is 0 Å². The summed E-state index contributed by atoms with van der Waals surface area (Å²) in [6.07, 6.45) is 0. The van der Waals surface area contributed by atoms with Gasteiger partial charge >= 0.3 is 5.97 Å². The van der Waals surface area contributed by atoms with E-state index in [1.54, 1.807) is 30.3 Å². The Morgan fingerprint density at radius 3 is 2.22 bits per heavy atom. The molecule has 0 aliphatic carbocycles. The second kappa shape index (κ2) is 5.23. The van der Waals surface area contributed by atoms with Gasteiger partial charge in [0.15, 0.2) is 6.04 Å². The number of carbonyl (C=O) groups is 1. The number of phenolic OH excluding ortho intramolecular Hbond substituents is 1. The van der Waals surface area contributed by atoms with E-state index in [9.17, 15) is 15.0 Å². The zero-order valence-electron chi connectivity index (χ0n) is 9.58. The number of phenols is 1. The third kappa shape index (κ3) is 2.60. The SMILES string of the molecule is O=C(O)C(Nc1ccccc1)c1ccccc1O. The fourth-order valence-corrected chi connectivity index (χ4v) is 1.71. The molecule has 0 saturated heterocycles. The second-order valence-corrected chi connectivity index (χ2v) is 3.84. The molecule has 2 aromatic carbocycles. The van der Waals surface area contributed by atoms with Crippen LogP contribution in [-0.2, 0) is 4.79 Å². The fourth-order valence-electron chi connectivity index (χ4n) is 1.71. The van der Waals surface area contributed by atoms with Gasteiger partial charge in [-0.1, -0.05) is 36.4 Å². The summed E-state index contributed by atoms with van der Waals surface area (Å²) in [5.74, 6) is -1.08. The van der Waals surface area contributed by atoms with Crippen LogP contribution < -0.4 is 5.32 Å². The number of aromatic hydroxyl groups is 1. The summed E-state index contributed by atoms with van der Waals surface area (Å²) in [4.78, 5) is 11.3. The molecule has 0 aliphatic heterocycles. The van der Waals surface area contributed by atoms with Crippen molar-refractivity contribution < 1.29 is 15.0 Å². The molecule has 0 saturated carbocycles. The van der Waals surface area contributed by atoms with E-state index in [1.807, 2.05) is 18.2 Å². The lowest BCUT2D eigenvalue weighted by atomic mass is 10.1. The van der Waals surface area contributed by atoms with Crippen LogP contribution in [0.15, 0.2) is 54.6 Å². The van der Waals surface area contributed by atoms with Gasteiger partial charge in [-0.3, -0.25) is 0 Å². The monoisotopic (exact) mass is 243 g/mol. The zero-order valence-corrected chi connectivity index (χ0v) is 9.58. The number of anilines is 1. The third-order valence-electron chi connectivity index (χ3n) is 2.58. The molecule has 0 bridgehead atoms. The third-order valence-corrected chi connectivity index (χ3v) is 2.58. The highest BCUT2D eigenvalue weighted by Gasteiger charge is 2.22. The Morgan fingerprint density at radius 1 is 1.00 bits per heavy atom. The van der Waals surface area contributed by atoms with E-state index in [1.165, 1.54) is 6.07 Å². The van der Waals surface area contributed by atoms with E-state index in [-0.39, 0.29) is 5.75 Å². The van der Waals surface area contributed by atoms with E-state index >= 15 is 0 Å². The highest BCUT2D eigenvalue weighted by atomic mass is 16.4. The number of rotatable bonds is 4. The molecular weight excluding hydrogens is 230 g/mol. The summed E-state index contributed by atoms with van der Waals surface area (Å²) in [5.41, 5.74) is 1.03. The summed E-state index contributed by atoms with van der Waals surface area (Å²) in [6.45, 7) is 0. The van der Waals surface area contributed by atoms with E-state index in [2.05, 4.69) is 5.32 Å². The minimum absolute atomic E-state index is 0.0340. The molecule has 18 heavy (non-hydrogen) atoms. The number of para-hydroxylation sites is 2. The quantitative estimate of drug-likeness (QED) is 0.772. The van der Waals surface area contributed by atoms with Crippen LogP contribution in [0.3, 0.4) is 0 Å². The topological polar surface area (TPSA) is 69.6 Å². The number of hydrogen-bond acceptors (Lipinski definition) is 3. The van der Waals surface area contributed by atoms with Crippen LogP contribution in [0.1, 0.15) is 11.6 Å². The van der Waals surface area contributed by atoms with Gasteiger partial charge in [0.1, 0.15) is 5.75 Å². The maximum Gasteiger partial charge on any atom is 0.330 e. The van der Waals surface area contributed by atoms with Crippen molar-refractivity contribution >= 4 is 11.7 Å². The number of nitrogens with one attached hydrogen (secondary N) is 1. The zero-order chi connectivity index (χ0) is 13.0. The molecule has 2 rings (SSSR count). The molecule has 0 heterocycles. The lowest BCUT2D eigenvalue weighted by Crippen LogP contribution is -2.20. The lowest BCUT2D eigenvalue weighted by molar-refractivity contribution is -0.138. The summed E-state index contributed by atoms with van der Waals surface area (Å²) in [6, 6.07) is 14.4. The molecule has 0 spiro atoms. The standard InChI is InChI=1S/C14H13NO3/c16-12-9-5-4-8-11(12)13(14(17)18)15-10-6-2-1-3-7-10/h1-9,13,15-16H,(H,17,18). The first-order chi connectivity index (χ1) is 8.68. The number of hydrogen-bond donors (Lipinski definition) is 3. The van der Waals surface area contributed by atoms with Crippen molar-refractivity contribution in [2.45, 2.75) is 6.04 Å². The molecule has 0 fully saturated rings. The Morgan fingerprint density at radius 2 is 1.61 bits per heavy atom. The van der Waals surface area contributed by atoms with Crippen molar-refractivity contribution in [3.8, 4) is 5.75 Å². The molecule has 0 amide bonds. The van der Waals surface area contributed by atoms with E-state index in [0.717, 1.165) is 0 Å². The largest absolute Gasteiger partial charge is 0.508 e. The van der Waals surface area contributed by atoms with Crippen molar-refractivity contribution in [2.75, 3.05) is 5.32 Å². The molecule has 2 aromatic rings. The molecule has 4 heteroatoms. The Balaban J connectivity index is 2.30. The fraction of sp³-hybridized carbons (Fsp3) is 0.0714. The lowest BCUT2D eigenvalue weighted by Gasteiger charge is -2.17. The van der Waals surface area contributed by atoms with Gasteiger partial charge in [-0.15, -0.1) is 0 Å². The van der Waals surface area contributed by atoms with Gasteiger partial charge in [0.2, 0.25) is 0 Å². The Bertz CT molecular complexity index is 540. The van der Waals surface area contributed by atoms with Crippen LogP contribution in [0.5, 0.6) is 5.75 Å². The Hall–Kier alpha value is -2.49. The summed E-state index contributed by atoms with van der Waals surface area (Å²) in [7, 11) is 0. The van der Waals surface area contributed by atoms with Crippen molar-refractivity contribution in [3.63, 3.8) is 0 Å². The van der Waals surface area contributed by atoms with E-state index in [0.29, 0.717) is 11.3 Å². The second-order valence-electron chi connectivity index (χ2n) is 3.84. The molecule has 92 valence electrons. The maximum absolute atomic E-state index is 11.3. The van der Waals surface area contributed by atoms with Crippen molar-refractivity contribution in [3.05, 3.63) is 60.2 Å². The van der Waals surface area contributed by atoms with E-state index < -0.39 is 12.0 Å². The van der Waals surface area contributed by atoms with Crippen molar-refractivity contribution in [1.29, 1.82) is 0 Å². The number of carboxylic acid groups (broad SMARTS) is 1. The average Bonchev–Trinajstić information content (AvgIpc) is 2.38. The Kier molecular flexibility index (Phi) is 3.48. The number of benzene rings is 2. The number of carboxylic acids is 1. The van der Waals surface area contributed by atoms with Crippen LogP contribution in [0.25, 0.3) is 0 Å². The van der Waals surface area contributed by atoms with E-state index in [4.69, 9.17) is 0 Å². The van der Waals surface area contributed by atoms with Gasteiger partial charge in [0, 0.05) is 11.3 Å². The van der Waals surface area contributed by atoms with Gasteiger partial charge in [0.25, 0.3) is 0 Å². The molecular formula is C14H13NO3. The maximum atomic E-state index is 11.3. The van der Waals surface area contributed by atoms with Crippen molar-refractivity contribution in [2.24, 2.45) is 0 Å². The molecule has 0 aliphatic rings. The normalized spacial score (nSPS) is 11.8. The minimum Gasteiger partial charge on any atom is -0.508 e. The molecule has 0 radical (unpaired) electrons. The van der Waals surface area contributed by atoms with Crippen LogP contribution >= 0.6 is 0 Å². The van der Waals surface area contributed by atoms with Gasteiger partial charge in [-0.25, -0.2) is 4.79 Å². The van der Waals surface area contributed by atoms with Gasteiger partial charge < -0.3 is 15.5 Å². The smallest absolute Gasteiger partial charge is 0.330 e. The first-order valence-corrected chi connectivity index (χ1v) is 5.51. The first kappa shape index (κ1) is 12.0. The molecule has 4 nitrogen and oxygen atoms in total. The predicted octanol–water partition coefficient (Wildman–Crippen LogP) is 2.63. The van der Waals surface area contributed by atoms with Crippen molar-refractivity contribution in [1.82, 2.24) is 0 Å². The van der Waals surface area contributed by atoms with Gasteiger partial charge in [0.05, 0.1) is 0 Å². The summed E-state index contributed by atoms with van der Waals surface area (Å²) < 4.78 is 0. The minimum atomic E-state index is -1.04. The first-order valence-electron chi connectivity index (χ1n) is 5.51. The highest BCUT2D eigenvalue weighted by Crippen LogP contribution is 2.27. The summed E-state index contributed by atoms with van der Waals surface area (Å²) >= 11 is 0. The predicted molar refractivity (Wildman–Crippen MR) is 68.5 cm³/mol. The molecule has 3 N–H and O–H groups in total. The highest BCUT2D eigenvalue weighted by molar-refractivity contribution is 5.80. The number of aliphatic carboxylic acids is 1. The van der Waals surface area contributed by atoms with Crippen LogP contribution in [0.4, 0.5) is 5.69 Å². The molecule has 1 atom stereocenters. The van der Waals surface area contributed by atoms with Crippen LogP contribution in [0, 0.1) is 0 Å². The van der Waals surface area contributed by atoms with Crippen LogP contribution in [0.2, 0.25) is 0 Å². The average molecular weight is 243 g/mol. The molecule has 1 unspecified atom stereocenters. The summed E-state index contributed by atoms with van der Waals surface area (Å²) in [5, 5.41) is 21.8. The van der Waals surface area contributed by atoms with Crippen LogP contribution in [-0.4, -0.2) is 16.2 Å². The van der Waals surface area contributed by atoms with Gasteiger partial charge in [-0.05, 0) is 18.2 Å². The molecule has 0 aromatic heterocycles. The Labute approximate surface area is 105 Å².